The van der Waals surface area contributed by atoms with Crippen LogP contribution in [0.3, 0.4) is 0 Å². The Bertz CT molecular complexity index is 277. The lowest BCUT2D eigenvalue weighted by molar-refractivity contribution is -0.147. The zero-order chi connectivity index (χ0) is 11.8. The van der Waals surface area contributed by atoms with Gasteiger partial charge < -0.3 is 20.8 Å². The molecule has 0 aromatic rings. The third-order valence-corrected chi connectivity index (χ3v) is 1.33. The summed E-state index contributed by atoms with van der Waals surface area (Å²) in [5, 5.41) is 20.7. The first-order valence-electron chi connectivity index (χ1n) is 3.81. The molecule has 0 saturated carbocycles. The quantitative estimate of drug-likeness (QED) is 0.354. The van der Waals surface area contributed by atoms with Crippen molar-refractivity contribution in [1.29, 1.82) is 0 Å². The lowest BCUT2D eigenvalue weighted by atomic mass is 10.2. The molecule has 0 rings (SSSR count). The Hall–Kier alpha value is -2.12. The van der Waals surface area contributed by atoms with Crippen molar-refractivity contribution < 1.29 is 29.4 Å². The summed E-state index contributed by atoms with van der Waals surface area (Å²) in [7, 11) is 0. The monoisotopic (exact) mass is 217 g/mol. The molecule has 0 saturated heterocycles. The highest BCUT2D eigenvalue weighted by Gasteiger charge is 2.22. The van der Waals surface area contributed by atoms with E-state index in [1.165, 1.54) is 6.41 Å². The number of hydrogen-bond acceptors (Lipinski definition) is 4. The second-order valence-corrected chi connectivity index (χ2v) is 2.51. The van der Waals surface area contributed by atoms with Crippen molar-refractivity contribution in [3.05, 3.63) is 0 Å². The number of aliphatic carboxylic acids is 2. The average molecular weight is 217 g/mol. The fourth-order valence-electron chi connectivity index (χ4n) is 0.736. The molecule has 0 aliphatic heterocycles. The normalized spacial score (nSPS) is 11.2. The number of nitrogens with one attached hydrogen (secondary N) is 2. The molecule has 0 aromatic carbocycles. The van der Waals surface area contributed by atoms with Crippen LogP contribution in [-0.4, -0.2) is 47.1 Å². The molecule has 83 valence electrons. The molecule has 4 N–H and O–H groups in total. The minimum atomic E-state index is -1.51. The first kappa shape index (κ1) is 12.9. The number of hydrogen-bond donors (Lipinski definition) is 4. The van der Waals surface area contributed by atoms with E-state index in [1.54, 1.807) is 0 Å². The van der Waals surface area contributed by atoms with Gasteiger partial charge in [0.25, 0.3) is 0 Å². The first-order valence-corrected chi connectivity index (χ1v) is 3.81. The lowest BCUT2D eigenvalue weighted by Crippen LogP contribution is -2.45. The fraction of sp³-hybridized carbons (Fsp3) is 0.429. The molecule has 0 aromatic heterocycles. The van der Waals surface area contributed by atoms with E-state index < -0.39 is 36.9 Å². The van der Waals surface area contributed by atoms with Crippen LogP contribution in [0.15, 0.2) is 0 Å². The number of carbonyl (C=O) groups excluding carboxylic acids is 2. The maximum Gasteiger partial charge on any atom is 0.326 e. The van der Waals surface area contributed by atoms with Crippen LogP contribution in [0.2, 0.25) is 0 Å². The Balaban J connectivity index is 4.16. The van der Waals surface area contributed by atoms with Crippen molar-refractivity contribution in [2.24, 2.45) is 0 Å². The zero-order valence-corrected chi connectivity index (χ0v) is 7.52. The van der Waals surface area contributed by atoms with Gasteiger partial charge in [0.05, 0.1) is 13.0 Å². The Morgan fingerprint density at radius 2 is 1.87 bits per heavy atom. The third kappa shape index (κ3) is 6.02. The molecule has 8 nitrogen and oxygen atoms in total. The smallest absolute Gasteiger partial charge is 0.326 e. The zero-order valence-electron chi connectivity index (χ0n) is 7.52. The van der Waals surface area contributed by atoms with Crippen molar-refractivity contribution in [3.63, 3.8) is 0 Å². The van der Waals surface area contributed by atoms with Crippen molar-refractivity contribution in [2.75, 3.05) is 6.54 Å². The molecule has 15 heavy (non-hydrogen) atoms. The maximum absolute atomic E-state index is 10.9. The Morgan fingerprint density at radius 3 is 2.27 bits per heavy atom. The number of amides is 2. The van der Waals surface area contributed by atoms with E-state index in [-0.39, 0.29) is 0 Å². The van der Waals surface area contributed by atoms with Gasteiger partial charge in [0, 0.05) is 0 Å². The highest BCUT2D eigenvalue weighted by molar-refractivity contribution is 5.88. The van der Waals surface area contributed by atoms with Gasteiger partial charge in [0.2, 0.25) is 5.91 Å². The second-order valence-electron chi connectivity index (χ2n) is 2.51. The SMILES string of the molecule is O=[C]NCC(=O)NC(CC(=O)O)C(=O)O. The topological polar surface area (TPSA) is 133 Å². The Kier molecular flexibility index (Phi) is 5.45. The van der Waals surface area contributed by atoms with E-state index >= 15 is 0 Å². The molecule has 2 amide bonds. The molecule has 8 heteroatoms. The summed E-state index contributed by atoms with van der Waals surface area (Å²) in [4.78, 5) is 41.3. The van der Waals surface area contributed by atoms with Crippen LogP contribution < -0.4 is 10.6 Å². The van der Waals surface area contributed by atoms with Gasteiger partial charge in [-0.25, -0.2) is 4.79 Å². The first-order chi connectivity index (χ1) is 6.97. The average Bonchev–Trinajstić information content (AvgIpc) is 2.12. The van der Waals surface area contributed by atoms with Gasteiger partial charge in [-0.15, -0.1) is 0 Å². The summed E-state index contributed by atoms with van der Waals surface area (Å²) >= 11 is 0. The standard InChI is InChI=1S/C7H9N2O6/c10-3-8-2-5(11)9-4(7(14)15)1-6(12)13/h4H,1-2H2,(H,8,10)(H,9,11)(H,12,13)(H,14,15). The molecule has 0 aliphatic rings. The van der Waals surface area contributed by atoms with Crippen LogP contribution in [0.25, 0.3) is 0 Å². The summed E-state index contributed by atoms with van der Waals surface area (Å²) in [5.41, 5.74) is 0. The van der Waals surface area contributed by atoms with Crippen molar-refractivity contribution in [1.82, 2.24) is 10.6 Å². The van der Waals surface area contributed by atoms with Gasteiger partial charge in [-0.05, 0) is 0 Å². The van der Waals surface area contributed by atoms with Gasteiger partial charge in [0.15, 0.2) is 0 Å². The third-order valence-electron chi connectivity index (χ3n) is 1.33. The van der Waals surface area contributed by atoms with Crippen LogP contribution in [0.1, 0.15) is 6.42 Å². The van der Waals surface area contributed by atoms with Gasteiger partial charge in [0.1, 0.15) is 6.04 Å². The molecule has 0 spiro atoms. The second kappa shape index (κ2) is 6.35. The highest BCUT2D eigenvalue weighted by Crippen LogP contribution is 1.92. The molecule has 0 fully saturated rings. The predicted molar refractivity (Wildman–Crippen MR) is 45.5 cm³/mol. The molecular weight excluding hydrogens is 208 g/mol. The summed E-state index contributed by atoms with van der Waals surface area (Å²) in [6, 6.07) is -1.51. The van der Waals surface area contributed by atoms with Crippen LogP contribution in [0, 0.1) is 0 Å². The largest absolute Gasteiger partial charge is 0.481 e. The highest BCUT2D eigenvalue weighted by atomic mass is 16.4. The molecular formula is C7H9N2O6. The summed E-state index contributed by atoms with van der Waals surface area (Å²) in [5.74, 6) is -3.61. The minimum Gasteiger partial charge on any atom is -0.481 e. The Morgan fingerprint density at radius 1 is 1.27 bits per heavy atom. The fourth-order valence-corrected chi connectivity index (χ4v) is 0.736. The molecule has 0 aliphatic carbocycles. The molecule has 1 radical (unpaired) electrons. The van der Waals surface area contributed by atoms with E-state index in [4.69, 9.17) is 10.2 Å². The minimum absolute atomic E-state index is 0.451. The number of rotatable bonds is 7. The van der Waals surface area contributed by atoms with Crippen LogP contribution in [-0.2, 0) is 19.2 Å². The van der Waals surface area contributed by atoms with E-state index in [0.717, 1.165) is 0 Å². The van der Waals surface area contributed by atoms with Crippen molar-refractivity contribution in [2.45, 2.75) is 12.5 Å². The molecule has 1 atom stereocenters. The van der Waals surface area contributed by atoms with Gasteiger partial charge in [-0.1, -0.05) is 0 Å². The molecule has 0 heterocycles. The van der Waals surface area contributed by atoms with E-state index in [1.807, 2.05) is 10.6 Å². The van der Waals surface area contributed by atoms with E-state index in [2.05, 4.69) is 0 Å². The molecule has 1 unspecified atom stereocenters. The summed E-state index contributed by atoms with van der Waals surface area (Å²) in [6.07, 6.45) is 0.487. The number of carbonyl (C=O) groups is 3. The maximum atomic E-state index is 10.9. The molecule has 0 bridgehead atoms. The number of carboxylic acids is 2. The van der Waals surface area contributed by atoms with Gasteiger partial charge in [-0.3, -0.25) is 14.4 Å². The Labute approximate surface area is 84.3 Å². The predicted octanol–water partition coefficient (Wildman–Crippen LogP) is -2.31. The number of carboxylic acid groups (broad SMARTS) is 2. The van der Waals surface area contributed by atoms with Crippen LogP contribution >= 0.6 is 0 Å². The van der Waals surface area contributed by atoms with Gasteiger partial charge >= 0.3 is 18.3 Å². The van der Waals surface area contributed by atoms with Crippen molar-refractivity contribution in [3.8, 4) is 0 Å². The van der Waals surface area contributed by atoms with Crippen LogP contribution in [0.5, 0.6) is 0 Å². The van der Waals surface area contributed by atoms with Crippen LogP contribution in [0.4, 0.5) is 0 Å². The van der Waals surface area contributed by atoms with E-state index in [0.29, 0.717) is 0 Å². The summed E-state index contributed by atoms with van der Waals surface area (Å²) in [6.45, 7) is -0.451. The van der Waals surface area contributed by atoms with E-state index in [9.17, 15) is 19.2 Å². The van der Waals surface area contributed by atoms with Crippen molar-refractivity contribution >= 4 is 24.3 Å². The lowest BCUT2D eigenvalue weighted by Gasteiger charge is -2.11. The summed E-state index contributed by atoms with van der Waals surface area (Å²) < 4.78 is 0. The van der Waals surface area contributed by atoms with Gasteiger partial charge in [-0.2, -0.15) is 0 Å².